The summed E-state index contributed by atoms with van der Waals surface area (Å²) >= 11 is 0. The number of nitriles is 1. The number of halogens is 1. The fourth-order valence-electron chi connectivity index (χ4n) is 5.75. The third-order valence-electron chi connectivity index (χ3n) is 8.41. The third kappa shape index (κ3) is 7.25. The number of nitrogens with one attached hydrogen (secondary N) is 2. The van der Waals surface area contributed by atoms with E-state index in [9.17, 15) is 14.4 Å². The Bertz CT molecular complexity index is 1510. The average Bonchev–Trinajstić information content (AvgIpc) is 3.05. The molecule has 3 saturated heterocycles. The summed E-state index contributed by atoms with van der Waals surface area (Å²) in [6.45, 7) is 5.85. The summed E-state index contributed by atoms with van der Waals surface area (Å²) in [7, 11) is 0. The molecule has 3 fully saturated rings. The van der Waals surface area contributed by atoms with E-state index >= 15 is 0 Å². The number of aromatic nitrogens is 2. The number of aliphatic hydroxyl groups excluding tert-OH is 1. The monoisotopic (exact) mass is 616 g/mol. The number of carbonyl (C=O) groups excluding carboxylic acids is 1. The van der Waals surface area contributed by atoms with Crippen molar-refractivity contribution in [2.75, 3.05) is 75.9 Å². The maximum atomic E-state index is 14.9. The van der Waals surface area contributed by atoms with Crippen molar-refractivity contribution in [3.05, 3.63) is 60.3 Å². The second kappa shape index (κ2) is 14.1. The average molecular weight is 617 g/mol. The van der Waals surface area contributed by atoms with Crippen LogP contribution in [0.2, 0.25) is 0 Å². The van der Waals surface area contributed by atoms with E-state index in [2.05, 4.69) is 48.6 Å². The molecule has 4 heterocycles. The molecular weight excluding hydrogens is 579 g/mol. The number of anilines is 3. The number of nitrogens with zero attached hydrogens (tertiary/aromatic N) is 6. The fourth-order valence-corrected chi connectivity index (χ4v) is 5.75. The minimum atomic E-state index is -1.43. The normalized spacial score (nSPS) is 20.6. The van der Waals surface area contributed by atoms with Crippen LogP contribution in [-0.2, 0) is 4.74 Å². The van der Waals surface area contributed by atoms with E-state index < -0.39 is 18.3 Å². The van der Waals surface area contributed by atoms with Gasteiger partial charge in [-0.05, 0) is 48.5 Å². The maximum Gasteiger partial charge on any atom is 0.317 e. The van der Waals surface area contributed by atoms with E-state index in [1.54, 1.807) is 30.5 Å². The van der Waals surface area contributed by atoms with Crippen LogP contribution in [-0.4, -0.2) is 115 Å². The second-order valence-electron chi connectivity index (χ2n) is 11.3. The second-order valence-corrected chi connectivity index (χ2v) is 11.3. The highest BCUT2D eigenvalue weighted by molar-refractivity contribution is 5.74. The molecule has 236 valence electrons. The first-order valence-electron chi connectivity index (χ1n) is 15.3. The summed E-state index contributed by atoms with van der Waals surface area (Å²) in [6.07, 6.45) is -0.305. The number of amides is 2. The fraction of sp³-hybridized carbons (Fsp3) is 0.438. The lowest BCUT2D eigenvalue weighted by molar-refractivity contribution is -0.0660. The van der Waals surface area contributed by atoms with Crippen LogP contribution >= 0.6 is 0 Å². The van der Waals surface area contributed by atoms with Gasteiger partial charge in [-0.15, -0.1) is 0 Å². The van der Waals surface area contributed by atoms with E-state index in [-0.39, 0.29) is 37.4 Å². The number of piperazine rings is 1. The van der Waals surface area contributed by atoms with Crippen LogP contribution in [0.4, 0.5) is 26.4 Å². The van der Waals surface area contributed by atoms with Gasteiger partial charge in [0.1, 0.15) is 23.7 Å². The lowest BCUT2D eigenvalue weighted by Gasteiger charge is -2.43. The molecule has 1 aromatic heterocycles. The molecule has 45 heavy (non-hydrogen) atoms. The highest BCUT2D eigenvalue weighted by atomic mass is 19.1. The van der Waals surface area contributed by atoms with E-state index in [1.165, 1.54) is 10.6 Å². The highest BCUT2D eigenvalue weighted by Gasteiger charge is 2.33. The smallest absolute Gasteiger partial charge is 0.317 e. The van der Waals surface area contributed by atoms with Crippen molar-refractivity contribution in [3.63, 3.8) is 0 Å². The summed E-state index contributed by atoms with van der Waals surface area (Å²) < 4.78 is 26.2. The largest absolute Gasteiger partial charge is 0.486 e. The molecule has 0 aliphatic carbocycles. The van der Waals surface area contributed by atoms with E-state index in [4.69, 9.17) is 14.6 Å². The van der Waals surface area contributed by atoms with Crippen molar-refractivity contribution in [3.8, 4) is 23.2 Å². The molecule has 0 bridgehead atoms. The first kappa shape index (κ1) is 30.5. The van der Waals surface area contributed by atoms with E-state index in [0.717, 1.165) is 45.1 Å². The molecule has 3 aromatic rings. The number of ether oxygens (including phenoxy) is 2. The molecule has 0 saturated carbocycles. The molecule has 2 aromatic carbocycles. The number of aliphatic hydroxyl groups is 1. The molecule has 0 spiro atoms. The van der Waals surface area contributed by atoms with Crippen molar-refractivity contribution in [2.45, 2.75) is 24.7 Å². The molecule has 13 heteroatoms. The number of rotatable bonds is 9. The lowest BCUT2D eigenvalue weighted by atomic mass is 10.1. The molecule has 12 nitrogen and oxygen atoms in total. The number of benzene rings is 2. The summed E-state index contributed by atoms with van der Waals surface area (Å²) in [6, 6.07) is 17.4. The molecular formula is C32H37FN8O4. The number of piperidine rings is 1. The number of alkyl halides is 1. The number of urea groups is 1. The van der Waals surface area contributed by atoms with Gasteiger partial charge >= 0.3 is 6.03 Å². The SMILES string of the molecule is N#Cc1cc(-c2nccc(Nc3ccc(N4CCN(C5COC5)CC4)cc3)n2)ccc1O[C@H]1CCN(C(=O)NCCO)C[C@H]1F. The topological polar surface area (TPSA) is 139 Å². The van der Waals surface area contributed by atoms with Gasteiger partial charge in [0, 0.05) is 68.8 Å². The molecule has 2 atom stereocenters. The van der Waals surface area contributed by atoms with Gasteiger partial charge in [-0.3, -0.25) is 4.90 Å². The molecule has 0 radical (unpaired) electrons. The first-order valence-corrected chi connectivity index (χ1v) is 15.3. The molecule has 0 unspecified atom stereocenters. The molecule has 3 aliphatic rings. The molecule has 6 rings (SSSR count). The van der Waals surface area contributed by atoms with Crippen LogP contribution in [0.1, 0.15) is 12.0 Å². The zero-order valence-electron chi connectivity index (χ0n) is 24.9. The number of likely N-dealkylation sites (tertiary alicyclic amines) is 1. The van der Waals surface area contributed by atoms with Gasteiger partial charge in [0.25, 0.3) is 0 Å². The number of carbonyl (C=O) groups is 1. The summed E-state index contributed by atoms with van der Waals surface area (Å²) in [5.41, 5.74) is 2.95. The molecule has 3 aliphatic heterocycles. The zero-order valence-corrected chi connectivity index (χ0v) is 24.9. The van der Waals surface area contributed by atoms with Crippen LogP contribution in [0, 0.1) is 11.3 Å². The van der Waals surface area contributed by atoms with Gasteiger partial charge in [0.15, 0.2) is 12.0 Å². The van der Waals surface area contributed by atoms with Gasteiger partial charge in [0.05, 0.1) is 38.0 Å². The quantitative estimate of drug-likeness (QED) is 0.329. The van der Waals surface area contributed by atoms with Crippen molar-refractivity contribution in [2.24, 2.45) is 0 Å². The van der Waals surface area contributed by atoms with Crippen LogP contribution in [0.15, 0.2) is 54.7 Å². The van der Waals surface area contributed by atoms with Gasteiger partial charge in [-0.1, -0.05) is 0 Å². The summed E-state index contributed by atoms with van der Waals surface area (Å²) in [5.74, 6) is 1.30. The van der Waals surface area contributed by atoms with Crippen molar-refractivity contribution >= 4 is 23.2 Å². The predicted molar refractivity (Wildman–Crippen MR) is 166 cm³/mol. The van der Waals surface area contributed by atoms with Crippen molar-refractivity contribution in [1.29, 1.82) is 5.26 Å². The lowest BCUT2D eigenvalue weighted by Crippen LogP contribution is -2.56. The van der Waals surface area contributed by atoms with Gasteiger partial charge in [-0.25, -0.2) is 19.2 Å². The van der Waals surface area contributed by atoms with E-state index in [1.807, 2.05) is 12.1 Å². The van der Waals surface area contributed by atoms with Crippen LogP contribution in [0.3, 0.4) is 0 Å². The Morgan fingerprint density at radius 2 is 1.91 bits per heavy atom. The Labute approximate surface area is 261 Å². The minimum absolute atomic E-state index is 0.107. The standard InChI is InChI=1S/C32H37FN8O4/c33-27-19-41(32(43)36-10-16-42)11-8-29(27)45-28-6-1-22(17-23(28)18-34)31-35-9-7-30(38-31)37-24-2-4-25(5-3-24)39-12-14-40(15-13-39)26-20-44-21-26/h1-7,9,17,26-27,29,42H,8,10-16,19-21H2,(H,36,43)(H,35,37,38)/t27-,29+/m1/s1. The van der Waals surface area contributed by atoms with Crippen molar-refractivity contribution in [1.82, 2.24) is 25.1 Å². The Balaban J connectivity index is 1.06. The highest BCUT2D eigenvalue weighted by Crippen LogP contribution is 2.29. The van der Waals surface area contributed by atoms with Crippen LogP contribution in [0.5, 0.6) is 5.75 Å². The van der Waals surface area contributed by atoms with Crippen LogP contribution < -0.4 is 20.3 Å². The Hall–Kier alpha value is -4.51. The van der Waals surface area contributed by atoms with Gasteiger partial charge < -0.3 is 35.0 Å². The third-order valence-corrected chi connectivity index (χ3v) is 8.41. The predicted octanol–water partition coefficient (Wildman–Crippen LogP) is 2.77. The van der Waals surface area contributed by atoms with E-state index in [0.29, 0.717) is 29.8 Å². The Kier molecular flexibility index (Phi) is 9.54. The zero-order chi connectivity index (χ0) is 31.2. The Morgan fingerprint density at radius 3 is 2.60 bits per heavy atom. The molecule has 3 N–H and O–H groups in total. The maximum absolute atomic E-state index is 14.9. The van der Waals surface area contributed by atoms with Crippen molar-refractivity contribution < 1.29 is 23.8 Å². The molecule has 2 amide bonds. The van der Waals surface area contributed by atoms with Gasteiger partial charge in [-0.2, -0.15) is 5.26 Å². The summed E-state index contributed by atoms with van der Waals surface area (Å²) in [5, 5.41) is 24.6. The number of hydrogen-bond donors (Lipinski definition) is 3. The first-order chi connectivity index (χ1) is 22.0. The Morgan fingerprint density at radius 1 is 1.11 bits per heavy atom. The number of hydrogen-bond acceptors (Lipinski definition) is 10. The summed E-state index contributed by atoms with van der Waals surface area (Å²) in [4.78, 5) is 27.4. The van der Waals surface area contributed by atoms with Crippen LogP contribution in [0.25, 0.3) is 11.4 Å². The minimum Gasteiger partial charge on any atom is -0.486 e. The van der Waals surface area contributed by atoms with Gasteiger partial charge in [0.2, 0.25) is 0 Å².